The van der Waals surface area contributed by atoms with Crippen LogP contribution in [0.4, 0.5) is 4.39 Å². The van der Waals surface area contributed by atoms with Gasteiger partial charge < -0.3 is 10.4 Å². The Morgan fingerprint density at radius 1 is 0.964 bits per heavy atom. The van der Waals surface area contributed by atoms with Gasteiger partial charge in [-0.15, -0.1) is 0 Å². The zero-order valence-corrected chi connectivity index (χ0v) is 15.6. The molecule has 0 aromatic heterocycles. The highest BCUT2D eigenvalue weighted by Crippen LogP contribution is 2.10. The van der Waals surface area contributed by atoms with Gasteiger partial charge in [0.2, 0.25) is 0 Å². The van der Waals surface area contributed by atoms with Crippen LogP contribution in [-0.2, 0) is 6.54 Å². The molecule has 2 aromatic carbocycles. The largest absolute Gasteiger partial charge is 0.478 e. The lowest BCUT2D eigenvalue weighted by atomic mass is 10.1. The summed E-state index contributed by atoms with van der Waals surface area (Å²) in [6.45, 7) is 5.58. The van der Waals surface area contributed by atoms with E-state index in [1.54, 1.807) is 24.3 Å². The van der Waals surface area contributed by atoms with E-state index >= 15 is 0 Å². The van der Waals surface area contributed by atoms with Gasteiger partial charge in [-0.1, -0.05) is 24.3 Å². The van der Waals surface area contributed by atoms with E-state index in [2.05, 4.69) is 15.1 Å². The molecule has 3 rings (SSSR count). The van der Waals surface area contributed by atoms with E-state index in [0.29, 0.717) is 12.1 Å². The predicted molar refractivity (Wildman–Crippen MR) is 104 cm³/mol. The van der Waals surface area contributed by atoms with Crippen molar-refractivity contribution in [1.82, 2.24) is 15.1 Å². The van der Waals surface area contributed by atoms with Crippen LogP contribution in [0.3, 0.4) is 0 Å². The van der Waals surface area contributed by atoms with Crippen LogP contribution in [0.15, 0.2) is 48.5 Å². The first-order valence-corrected chi connectivity index (χ1v) is 9.32. The quantitative estimate of drug-likeness (QED) is 0.764. The third-order valence-electron chi connectivity index (χ3n) is 4.90. The molecule has 0 radical (unpaired) electrons. The Morgan fingerprint density at radius 2 is 1.61 bits per heavy atom. The average molecular weight is 385 g/mol. The summed E-state index contributed by atoms with van der Waals surface area (Å²) in [6, 6.07) is 12.9. The number of hydrogen-bond donors (Lipinski definition) is 2. The first-order chi connectivity index (χ1) is 13.5. The van der Waals surface area contributed by atoms with E-state index in [1.807, 2.05) is 12.1 Å². The predicted octanol–water partition coefficient (Wildman–Crippen LogP) is 2.07. The fourth-order valence-corrected chi connectivity index (χ4v) is 3.25. The van der Waals surface area contributed by atoms with Gasteiger partial charge in [0.05, 0.1) is 11.1 Å². The number of nitrogens with one attached hydrogen (secondary N) is 1. The molecule has 6 nitrogen and oxygen atoms in total. The molecule has 2 N–H and O–H groups in total. The molecule has 148 valence electrons. The number of halogens is 1. The van der Waals surface area contributed by atoms with Crippen LogP contribution in [0.1, 0.15) is 26.3 Å². The minimum absolute atomic E-state index is 0.0706. The highest BCUT2D eigenvalue weighted by molar-refractivity contribution is 5.94. The molecule has 28 heavy (non-hydrogen) atoms. The second-order valence-corrected chi connectivity index (χ2v) is 6.86. The monoisotopic (exact) mass is 385 g/mol. The second-order valence-electron chi connectivity index (χ2n) is 6.86. The third-order valence-corrected chi connectivity index (χ3v) is 4.90. The van der Waals surface area contributed by atoms with Crippen molar-refractivity contribution < 1.29 is 19.1 Å². The first-order valence-electron chi connectivity index (χ1n) is 9.32. The number of carboxylic acids is 1. The van der Waals surface area contributed by atoms with Crippen LogP contribution >= 0.6 is 0 Å². The van der Waals surface area contributed by atoms with Gasteiger partial charge in [0, 0.05) is 45.8 Å². The number of amides is 1. The lowest BCUT2D eigenvalue weighted by Gasteiger charge is -2.34. The summed E-state index contributed by atoms with van der Waals surface area (Å²) in [5.41, 5.74) is 1.46. The van der Waals surface area contributed by atoms with Crippen LogP contribution in [0.2, 0.25) is 0 Å². The van der Waals surface area contributed by atoms with Crippen molar-refractivity contribution in [2.45, 2.75) is 6.54 Å². The van der Waals surface area contributed by atoms with Crippen molar-refractivity contribution in [2.24, 2.45) is 0 Å². The summed E-state index contributed by atoms with van der Waals surface area (Å²) in [6.07, 6.45) is 0. The van der Waals surface area contributed by atoms with E-state index in [1.165, 1.54) is 12.1 Å². The van der Waals surface area contributed by atoms with E-state index in [4.69, 9.17) is 5.11 Å². The van der Waals surface area contributed by atoms with Crippen LogP contribution < -0.4 is 5.32 Å². The van der Waals surface area contributed by atoms with Crippen molar-refractivity contribution >= 4 is 11.9 Å². The van der Waals surface area contributed by atoms with Gasteiger partial charge in [0.15, 0.2) is 0 Å². The fourth-order valence-electron chi connectivity index (χ4n) is 3.25. The number of piperazine rings is 1. The van der Waals surface area contributed by atoms with E-state index < -0.39 is 11.8 Å². The molecule has 1 amide bonds. The maximum absolute atomic E-state index is 13.6. The molecular formula is C21H24FN3O3. The molecule has 2 aromatic rings. The van der Waals surface area contributed by atoms with E-state index in [-0.39, 0.29) is 11.5 Å². The van der Waals surface area contributed by atoms with Crippen LogP contribution in [-0.4, -0.2) is 66.1 Å². The minimum Gasteiger partial charge on any atom is -0.478 e. The Labute approximate surface area is 163 Å². The molecule has 1 saturated heterocycles. The maximum atomic E-state index is 13.6. The topological polar surface area (TPSA) is 72.9 Å². The van der Waals surface area contributed by atoms with E-state index in [0.717, 1.165) is 44.8 Å². The molecule has 0 bridgehead atoms. The molecule has 7 heteroatoms. The Balaban J connectivity index is 1.38. The smallest absolute Gasteiger partial charge is 0.335 e. The Morgan fingerprint density at radius 3 is 2.25 bits per heavy atom. The van der Waals surface area contributed by atoms with Crippen LogP contribution in [0.5, 0.6) is 0 Å². The minimum atomic E-state index is -0.915. The molecule has 0 unspecified atom stereocenters. The SMILES string of the molecule is O=C(O)c1ccc(CN2CCN(CCNC(=O)c3ccccc3F)CC2)cc1. The Kier molecular flexibility index (Phi) is 6.73. The third kappa shape index (κ3) is 5.37. The highest BCUT2D eigenvalue weighted by atomic mass is 19.1. The Hall–Kier alpha value is -2.77. The number of rotatable bonds is 7. The van der Waals surface area contributed by atoms with Gasteiger partial charge in [0.25, 0.3) is 5.91 Å². The summed E-state index contributed by atoms with van der Waals surface area (Å²) in [5, 5.41) is 11.7. The molecule has 0 aliphatic carbocycles. The molecule has 0 atom stereocenters. The number of benzene rings is 2. The first kappa shape index (κ1) is 20.0. The van der Waals surface area contributed by atoms with Crippen LogP contribution in [0.25, 0.3) is 0 Å². The Bertz CT molecular complexity index is 818. The lowest BCUT2D eigenvalue weighted by Crippen LogP contribution is -2.48. The average Bonchev–Trinajstić information content (AvgIpc) is 2.70. The summed E-state index contributed by atoms with van der Waals surface area (Å²) in [4.78, 5) is 27.5. The van der Waals surface area contributed by atoms with Gasteiger partial charge in [-0.25, -0.2) is 9.18 Å². The van der Waals surface area contributed by atoms with Gasteiger partial charge in [-0.05, 0) is 29.8 Å². The summed E-state index contributed by atoms with van der Waals surface area (Å²) >= 11 is 0. The summed E-state index contributed by atoms with van der Waals surface area (Å²) in [5.74, 6) is -1.81. The van der Waals surface area contributed by atoms with Crippen molar-refractivity contribution in [2.75, 3.05) is 39.3 Å². The van der Waals surface area contributed by atoms with Gasteiger partial charge >= 0.3 is 5.97 Å². The lowest BCUT2D eigenvalue weighted by molar-refractivity contribution is 0.0696. The zero-order chi connectivity index (χ0) is 19.9. The molecule has 1 aliphatic rings. The standard InChI is InChI=1S/C21H24FN3O3/c22-19-4-2-1-3-18(19)20(26)23-9-10-24-11-13-25(14-12-24)15-16-5-7-17(8-6-16)21(27)28/h1-8H,9-15H2,(H,23,26)(H,27,28). The molecule has 1 aliphatic heterocycles. The van der Waals surface area contributed by atoms with Crippen molar-refractivity contribution in [1.29, 1.82) is 0 Å². The van der Waals surface area contributed by atoms with Crippen molar-refractivity contribution in [3.8, 4) is 0 Å². The molecule has 1 heterocycles. The number of carbonyl (C=O) groups is 2. The molecule has 1 fully saturated rings. The van der Waals surface area contributed by atoms with E-state index in [9.17, 15) is 14.0 Å². The zero-order valence-electron chi connectivity index (χ0n) is 15.6. The molecular weight excluding hydrogens is 361 g/mol. The van der Waals surface area contributed by atoms with Crippen molar-refractivity contribution in [3.05, 3.63) is 71.0 Å². The van der Waals surface area contributed by atoms with Gasteiger partial charge in [-0.3, -0.25) is 14.6 Å². The molecule has 0 saturated carbocycles. The van der Waals surface area contributed by atoms with Crippen LogP contribution in [0, 0.1) is 5.82 Å². The fraction of sp³-hybridized carbons (Fsp3) is 0.333. The highest BCUT2D eigenvalue weighted by Gasteiger charge is 2.17. The number of hydrogen-bond acceptors (Lipinski definition) is 4. The van der Waals surface area contributed by atoms with Crippen molar-refractivity contribution in [3.63, 3.8) is 0 Å². The number of aromatic carboxylic acids is 1. The normalized spacial score (nSPS) is 15.3. The number of carbonyl (C=O) groups excluding carboxylic acids is 1. The second kappa shape index (κ2) is 9.43. The summed E-state index contributed by atoms with van der Waals surface area (Å²) in [7, 11) is 0. The van der Waals surface area contributed by atoms with Gasteiger partial charge in [0.1, 0.15) is 5.82 Å². The molecule has 0 spiro atoms. The maximum Gasteiger partial charge on any atom is 0.335 e. The van der Waals surface area contributed by atoms with Gasteiger partial charge in [-0.2, -0.15) is 0 Å². The number of carboxylic acid groups (broad SMARTS) is 1. The number of nitrogens with zero attached hydrogens (tertiary/aromatic N) is 2. The summed E-state index contributed by atoms with van der Waals surface area (Å²) < 4.78 is 13.6.